The van der Waals surface area contributed by atoms with Crippen LogP contribution >= 0.6 is 0 Å². The molecule has 3 heterocycles. The van der Waals surface area contributed by atoms with Crippen LogP contribution in [0.1, 0.15) is 57.3 Å². The van der Waals surface area contributed by atoms with Gasteiger partial charge in [0.1, 0.15) is 11.6 Å². The number of nitrogens with zero attached hydrogens (tertiary/aromatic N) is 4. The molecule has 0 aliphatic heterocycles. The van der Waals surface area contributed by atoms with Crippen molar-refractivity contribution in [2.24, 2.45) is 18.7 Å². The van der Waals surface area contributed by atoms with Gasteiger partial charge in [-0.15, -0.1) is 0 Å². The normalized spacial score (nSPS) is 16.4. The van der Waals surface area contributed by atoms with Gasteiger partial charge in [-0.05, 0) is 60.1 Å². The average Bonchev–Trinajstić information content (AvgIpc) is 3.58. The Hall–Kier alpha value is -5.20. The summed E-state index contributed by atoms with van der Waals surface area (Å²) < 4.78 is 31.7. The molecular formula is C30H21F2N5O2. The van der Waals surface area contributed by atoms with Crippen molar-refractivity contribution in [2.45, 2.75) is 24.7 Å². The summed E-state index contributed by atoms with van der Waals surface area (Å²) in [4.78, 5) is 24.9. The number of hydrogen-bond acceptors (Lipinski definition) is 4. The lowest BCUT2D eigenvalue weighted by atomic mass is 9.89. The fourth-order valence-corrected chi connectivity index (χ4v) is 4.73. The summed E-state index contributed by atoms with van der Waals surface area (Å²) in [5.74, 6) is 8.29. The van der Waals surface area contributed by atoms with Crippen LogP contribution in [0.5, 0.6) is 0 Å². The Kier molecular flexibility index (Phi) is 6.71. The molecule has 0 spiro atoms. The standard InChI is InChI=1S/C30H21F2N5O2/c1-36-12-5-8-23(30(36)39)20(25-15-19(31)9-10-27(25)32)6-3-2-4-7-21-22(29(34)38)11-13-37-28(21)26(17-35-37)24-14-18(24)16-33/h5,8-13,15,17-18,20,24H,6,14H2,1H3,(H2,34,38). The van der Waals surface area contributed by atoms with Gasteiger partial charge >= 0.3 is 0 Å². The highest BCUT2D eigenvalue weighted by Gasteiger charge is 2.41. The number of amides is 1. The van der Waals surface area contributed by atoms with Crippen LogP contribution in [-0.2, 0) is 7.05 Å². The minimum absolute atomic E-state index is 0.00216. The fraction of sp³-hybridized carbons (Fsp3) is 0.200. The van der Waals surface area contributed by atoms with Gasteiger partial charge < -0.3 is 10.3 Å². The maximum atomic E-state index is 14.7. The first-order valence-corrected chi connectivity index (χ1v) is 12.1. The molecule has 1 aromatic carbocycles. The molecule has 39 heavy (non-hydrogen) atoms. The molecule has 3 unspecified atom stereocenters. The Morgan fingerprint density at radius 3 is 2.77 bits per heavy atom. The molecule has 1 amide bonds. The Labute approximate surface area is 222 Å². The van der Waals surface area contributed by atoms with E-state index in [1.54, 1.807) is 42.3 Å². The Balaban J connectivity index is 1.53. The van der Waals surface area contributed by atoms with Crippen LogP contribution < -0.4 is 11.3 Å². The van der Waals surface area contributed by atoms with Crippen molar-refractivity contribution in [3.63, 3.8) is 0 Å². The van der Waals surface area contributed by atoms with Crippen LogP contribution in [0.25, 0.3) is 5.52 Å². The van der Waals surface area contributed by atoms with Crippen LogP contribution in [0.4, 0.5) is 8.78 Å². The van der Waals surface area contributed by atoms with Crippen molar-refractivity contribution >= 4 is 11.4 Å². The van der Waals surface area contributed by atoms with E-state index in [1.165, 1.54) is 10.6 Å². The highest BCUT2D eigenvalue weighted by Crippen LogP contribution is 2.48. The summed E-state index contributed by atoms with van der Waals surface area (Å²) in [6, 6.07) is 10.1. The van der Waals surface area contributed by atoms with Gasteiger partial charge in [0.25, 0.3) is 5.56 Å². The summed E-state index contributed by atoms with van der Waals surface area (Å²) in [6.45, 7) is 0. The first kappa shape index (κ1) is 25.4. The van der Waals surface area contributed by atoms with Crippen molar-refractivity contribution in [3.05, 3.63) is 105 Å². The van der Waals surface area contributed by atoms with Crippen LogP contribution in [0, 0.1) is 52.6 Å². The fourth-order valence-electron chi connectivity index (χ4n) is 4.73. The number of aryl methyl sites for hydroxylation is 1. The number of primary amides is 1. The van der Waals surface area contributed by atoms with Crippen LogP contribution in [0.3, 0.4) is 0 Å². The monoisotopic (exact) mass is 521 g/mol. The number of hydrogen-bond donors (Lipinski definition) is 1. The van der Waals surface area contributed by atoms with Gasteiger partial charge in [-0.1, -0.05) is 12.0 Å². The molecule has 0 bridgehead atoms. The molecular weight excluding hydrogens is 500 g/mol. The number of benzene rings is 1. The Morgan fingerprint density at radius 2 is 2.03 bits per heavy atom. The van der Waals surface area contributed by atoms with E-state index in [1.807, 2.05) is 0 Å². The van der Waals surface area contributed by atoms with Gasteiger partial charge in [0, 0.05) is 48.8 Å². The Bertz CT molecular complexity index is 1860. The maximum Gasteiger partial charge on any atom is 0.254 e. The summed E-state index contributed by atoms with van der Waals surface area (Å²) in [5, 5.41) is 13.6. The molecule has 0 radical (unpaired) electrons. The molecule has 7 nitrogen and oxygen atoms in total. The molecule has 1 aliphatic rings. The number of carbonyl (C=O) groups excluding carboxylic acids is 1. The van der Waals surface area contributed by atoms with Crippen LogP contribution in [0.15, 0.2) is 59.8 Å². The van der Waals surface area contributed by atoms with Crippen LogP contribution in [0.2, 0.25) is 0 Å². The summed E-state index contributed by atoms with van der Waals surface area (Å²) in [6.07, 6.45) is 5.53. The average molecular weight is 522 g/mol. The van der Waals surface area contributed by atoms with Gasteiger partial charge in [-0.25, -0.2) is 13.3 Å². The van der Waals surface area contributed by atoms with Gasteiger partial charge in [0.05, 0.1) is 34.8 Å². The zero-order valence-corrected chi connectivity index (χ0v) is 20.8. The third kappa shape index (κ3) is 4.89. The maximum absolute atomic E-state index is 14.7. The van der Waals surface area contributed by atoms with Gasteiger partial charge in [-0.3, -0.25) is 9.59 Å². The second kappa shape index (κ2) is 10.3. The van der Waals surface area contributed by atoms with Crippen LogP contribution in [-0.4, -0.2) is 20.1 Å². The van der Waals surface area contributed by atoms with Crippen molar-refractivity contribution in [2.75, 3.05) is 0 Å². The lowest BCUT2D eigenvalue weighted by Gasteiger charge is -2.16. The highest BCUT2D eigenvalue weighted by molar-refractivity contribution is 5.98. The van der Waals surface area contributed by atoms with E-state index >= 15 is 0 Å². The second-order valence-electron chi connectivity index (χ2n) is 9.29. The summed E-state index contributed by atoms with van der Waals surface area (Å²) >= 11 is 0. The second-order valence-corrected chi connectivity index (χ2v) is 9.29. The largest absolute Gasteiger partial charge is 0.366 e. The van der Waals surface area contributed by atoms with Gasteiger partial charge in [0.2, 0.25) is 5.91 Å². The topological polar surface area (TPSA) is 106 Å². The predicted molar refractivity (Wildman–Crippen MR) is 139 cm³/mol. The first-order chi connectivity index (χ1) is 18.8. The zero-order chi connectivity index (χ0) is 27.7. The van der Waals surface area contributed by atoms with E-state index in [4.69, 9.17) is 5.73 Å². The summed E-state index contributed by atoms with van der Waals surface area (Å²) in [7, 11) is 1.57. The first-order valence-electron chi connectivity index (χ1n) is 12.1. The van der Waals surface area contributed by atoms with E-state index in [0.717, 1.165) is 23.8 Å². The number of nitrogens with two attached hydrogens (primary N) is 1. The van der Waals surface area contributed by atoms with E-state index in [0.29, 0.717) is 17.5 Å². The number of rotatable bonds is 5. The molecule has 0 saturated heterocycles. The molecule has 1 fully saturated rings. The van der Waals surface area contributed by atoms with Gasteiger partial charge in [-0.2, -0.15) is 10.4 Å². The number of fused-ring (bicyclic) bond motifs is 1. The van der Waals surface area contributed by atoms with Crippen molar-refractivity contribution in [1.29, 1.82) is 5.26 Å². The SMILES string of the molecule is Cn1cccc(C(CC#CC#Cc2c(C(N)=O)ccn3ncc(C4CC4C#N)c23)c2cc(F)ccc2F)c1=O. The molecule has 5 rings (SSSR count). The molecule has 2 N–H and O–H groups in total. The van der Waals surface area contributed by atoms with Crippen molar-refractivity contribution < 1.29 is 13.6 Å². The summed E-state index contributed by atoms with van der Waals surface area (Å²) in [5.41, 5.74) is 7.48. The number of carbonyl (C=O) groups is 1. The van der Waals surface area contributed by atoms with Crippen molar-refractivity contribution in [1.82, 2.24) is 14.2 Å². The third-order valence-corrected chi connectivity index (χ3v) is 6.84. The van der Waals surface area contributed by atoms with E-state index in [9.17, 15) is 23.6 Å². The molecule has 1 saturated carbocycles. The van der Waals surface area contributed by atoms with E-state index in [2.05, 4.69) is 34.8 Å². The molecule has 192 valence electrons. The zero-order valence-electron chi connectivity index (χ0n) is 20.8. The molecule has 3 aromatic heterocycles. The van der Waals surface area contributed by atoms with Crippen molar-refractivity contribution in [3.8, 4) is 29.8 Å². The van der Waals surface area contributed by atoms with E-state index < -0.39 is 23.5 Å². The lowest BCUT2D eigenvalue weighted by Crippen LogP contribution is -2.23. The highest BCUT2D eigenvalue weighted by atomic mass is 19.1. The number of nitriles is 1. The minimum atomic E-state index is -0.835. The molecule has 3 atom stereocenters. The number of halogens is 2. The van der Waals surface area contributed by atoms with Gasteiger partial charge in [0.15, 0.2) is 0 Å². The lowest BCUT2D eigenvalue weighted by molar-refractivity contribution is 0.1000. The molecule has 4 aromatic rings. The quantitative estimate of drug-likeness (QED) is 0.405. The number of pyridine rings is 2. The predicted octanol–water partition coefficient (Wildman–Crippen LogP) is 3.61. The number of aromatic nitrogens is 3. The minimum Gasteiger partial charge on any atom is -0.366 e. The molecule has 1 aliphatic carbocycles. The Morgan fingerprint density at radius 1 is 1.21 bits per heavy atom. The molecule has 9 heteroatoms. The third-order valence-electron chi connectivity index (χ3n) is 6.84. The van der Waals surface area contributed by atoms with E-state index in [-0.39, 0.29) is 40.5 Å². The smallest absolute Gasteiger partial charge is 0.254 e.